The van der Waals surface area contributed by atoms with E-state index in [1.54, 1.807) is 0 Å². The number of hydrogen-bond acceptors (Lipinski definition) is 1. The molecule has 0 aliphatic rings. The fourth-order valence-electron chi connectivity index (χ4n) is 2.04. The molecule has 0 unspecified atom stereocenters. The Morgan fingerprint density at radius 2 is 1.58 bits per heavy atom. The van der Waals surface area contributed by atoms with Gasteiger partial charge in [0.25, 0.3) is 0 Å². The van der Waals surface area contributed by atoms with Gasteiger partial charge in [-0.25, -0.2) is 0 Å². The van der Waals surface area contributed by atoms with Crippen LogP contribution >= 0.6 is 0 Å². The van der Waals surface area contributed by atoms with Gasteiger partial charge < -0.3 is 4.74 Å². The highest BCUT2D eigenvalue weighted by molar-refractivity contribution is 5.48. The zero-order valence-corrected chi connectivity index (χ0v) is 11.3. The lowest BCUT2D eigenvalue weighted by Crippen LogP contribution is -2.02. The molecule has 0 aliphatic carbocycles. The summed E-state index contributed by atoms with van der Waals surface area (Å²) in [7, 11) is 0. The van der Waals surface area contributed by atoms with Gasteiger partial charge in [-0.2, -0.15) is 0 Å². The summed E-state index contributed by atoms with van der Waals surface area (Å²) >= 11 is 0. The lowest BCUT2D eigenvalue weighted by Gasteiger charge is -2.15. The lowest BCUT2D eigenvalue weighted by atomic mass is 10.1. The number of hydrogen-bond donors (Lipinski definition) is 0. The number of benzene rings is 2. The Bertz CT molecular complexity index is 488. The maximum atomic E-state index is 5.91. The molecule has 0 heterocycles. The van der Waals surface area contributed by atoms with E-state index in [1.165, 1.54) is 11.1 Å². The van der Waals surface area contributed by atoms with Gasteiger partial charge in [0.15, 0.2) is 0 Å². The molecule has 1 heteroatoms. The third kappa shape index (κ3) is 4.38. The summed E-state index contributed by atoms with van der Waals surface area (Å²) in [5.41, 5.74) is 2.46. The first-order valence-corrected chi connectivity index (χ1v) is 6.78. The van der Waals surface area contributed by atoms with Crippen molar-refractivity contribution in [1.82, 2.24) is 0 Å². The van der Waals surface area contributed by atoms with Gasteiger partial charge in [-0.3, -0.25) is 0 Å². The fourth-order valence-corrected chi connectivity index (χ4v) is 2.04. The van der Waals surface area contributed by atoms with Crippen LogP contribution in [-0.2, 0) is 4.74 Å². The molecular weight excluding hydrogens is 232 g/mol. The SMILES string of the molecule is CC[C@H](OC/C=C/c1ccccc1)c1ccccc1. The van der Waals surface area contributed by atoms with E-state index in [-0.39, 0.29) is 6.10 Å². The Hall–Kier alpha value is -1.86. The van der Waals surface area contributed by atoms with Gasteiger partial charge in [0.05, 0.1) is 12.7 Å². The normalized spacial score (nSPS) is 12.7. The zero-order valence-electron chi connectivity index (χ0n) is 11.3. The third-order valence-electron chi connectivity index (χ3n) is 3.05. The maximum absolute atomic E-state index is 5.91. The zero-order chi connectivity index (χ0) is 13.3. The Morgan fingerprint density at radius 1 is 0.947 bits per heavy atom. The molecule has 1 nitrogen and oxygen atoms in total. The van der Waals surface area contributed by atoms with E-state index in [4.69, 9.17) is 4.74 Å². The minimum absolute atomic E-state index is 0.182. The van der Waals surface area contributed by atoms with Gasteiger partial charge in [0, 0.05) is 0 Å². The van der Waals surface area contributed by atoms with Crippen molar-refractivity contribution in [2.45, 2.75) is 19.4 Å². The molecule has 0 bridgehead atoms. The second-order valence-corrected chi connectivity index (χ2v) is 4.45. The van der Waals surface area contributed by atoms with Crippen LogP contribution in [0.5, 0.6) is 0 Å². The van der Waals surface area contributed by atoms with Crippen LogP contribution in [0.2, 0.25) is 0 Å². The molecular formula is C18H20O. The van der Waals surface area contributed by atoms with Gasteiger partial charge >= 0.3 is 0 Å². The van der Waals surface area contributed by atoms with Gasteiger partial charge in [-0.1, -0.05) is 79.7 Å². The van der Waals surface area contributed by atoms with Crippen molar-refractivity contribution in [3.63, 3.8) is 0 Å². The Balaban J connectivity index is 1.86. The van der Waals surface area contributed by atoms with Crippen molar-refractivity contribution in [2.24, 2.45) is 0 Å². The second-order valence-electron chi connectivity index (χ2n) is 4.45. The first kappa shape index (κ1) is 13.6. The topological polar surface area (TPSA) is 9.23 Å². The average molecular weight is 252 g/mol. The van der Waals surface area contributed by atoms with E-state index in [2.05, 4.69) is 55.5 Å². The maximum Gasteiger partial charge on any atom is 0.0826 e. The Labute approximate surface area is 115 Å². The van der Waals surface area contributed by atoms with E-state index in [0.717, 1.165) is 6.42 Å². The summed E-state index contributed by atoms with van der Waals surface area (Å²) in [5.74, 6) is 0. The summed E-state index contributed by atoms with van der Waals surface area (Å²) in [6.07, 6.45) is 5.34. The molecule has 98 valence electrons. The number of rotatable bonds is 6. The van der Waals surface area contributed by atoms with E-state index in [9.17, 15) is 0 Å². The monoisotopic (exact) mass is 252 g/mol. The standard InChI is InChI=1S/C18H20O/c1-2-18(17-13-7-4-8-14-17)19-15-9-12-16-10-5-3-6-11-16/h3-14,18H,2,15H2,1H3/b12-9+/t18-/m0/s1. The van der Waals surface area contributed by atoms with Crippen molar-refractivity contribution in [3.8, 4) is 0 Å². The lowest BCUT2D eigenvalue weighted by molar-refractivity contribution is 0.0716. The van der Waals surface area contributed by atoms with Gasteiger partial charge in [0.1, 0.15) is 0 Å². The summed E-state index contributed by atoms with van der Waals surface area (Å²) in [6.45, 7) is 2.79. The molecule has 0 spiro atoms. The van der Waals surface area contributed by atoms with Crippen LogP contribution in [0.15, 0.2) is 66.7 Å². The van der Waals surface area contributed by atoms with Gasteiger partial charge in [0.2, 0.25) is 0 Å². The smallest absolute Gasteiger partial charge is 0.0826 e. The molecule has 0 aromatic heterocycles. The Morgan fingerprint density at radius 3 is 2.21 bits per heavy atom. The summed E-state index contributed by atoms with van der Waals surface area (Å²) in [5, 5.41) is 0. The van der Waals surface area contributed by atoms with Crippen LogP contribution in [0.25, 0.3) is 6.08 Å². The molecule has 0 saturated heterocycles. The molecule has 0 aliphatic heterocycles. The molecule has 0 saturated carbocycles. The summed E-state index contributed by atoms with van der Waals surface area (Å²) in [6, 6.07) is 20.7. The van der Waals surface area contributed by atoms with Crippen molar-refractivity contribution in [2.75, 3.05) is 6.61 Å². The summed E-state index contributed by atoms with van der Waals surface area (Å²) < 4.78 is 5.91. The summed E-state index contributed by atoms with van der Waals surface area (Å²) in [4.78, 5) is 0. The molecule has 2 aromatic rings. The third-order valence-corrected chi connectivity index (χ3v) is 3.05. The molecule has 0 fully saturated rings. The van der Waals surface area contributed by atoms with Crippen LogP contribution in [0.3, 0.4) is 0 Å². The van der Waals surface area contributed by atoms with Gasteiger partial charge in [-0.15, -0.1) is 0 Å². The second kappa shape index (κ2) is 7.55. The first-order valence-electron chi connectivity index (χ1n) is 6.78. The molecule has 19 heavy (non-hydrogen) atoms. The predicted octanol–water partition coefficient (Wildman–Crippen LogP) is 4.87. The van der Waals surface area contributed by atoms with E-state index < -0.39 is 0 Å². The van der Waals surface area contributed by atoms with Crippen LogP contribution in [0.4, 0.5) is 0 Å². The van der Waals surface area contributed by atoms with Crippen molar-refractivity contribution in [3.05, 3.63) is 77.9 Å². The van der Waals surface area contributed by atoms with Crippen LogP contribution in [0, 0.1) is 0 Å². The largest absolute Gasteiger partial charge is 0.369 e. The minimum Gasteiger partial charge on any atom is -0.369 e. The molecule has 2 rings (SSSR count). The van der Waals surface area contributed by atoms with E-state index in [1.807, 2.05) is 24.3 Å². The van der Waals surface area contributed by atoms with E-state index in [0.29, 0.717) is 6.61 Å². The quantitative estimate of drug-likeness (QED) is 0.712. The van der Waals surface area contributed by atoms with Crippen LogP contribution in [-0.4, -0.2) is 6.61 Å². The van der Waals surface area contributed by atoms with Crippen LogP contribution in [0.1, 0.15) is 30.6 Å². The Kier molecular flexibility index (Phi) is 5.39. The fraction of sp³-hybridized carbons (Fsp3) is 0.222. The van der Waals surface area contributed by atoms with E-state index >= 15 is 0 Å². The molecule has 1 atom stereocenters. The van der Waals surface area contributed by atoms with Crippen molar-refractivity contribution >= 4 is 6.08 Å². The minimum atomic E-state index is 0.182. The molecule has 0 N–H and O–H groups in total. The first-order chi connectivity index (χ1) is 9.40. The highest BCUT2D eigenvalue weighted by atomic mass is 16.5. The molecule has 0 radical (unpaired) electrons. The van der Waals surface area contributed by atoms with Crippen molar-refractivity contribution in [1.29, 1.82) is 0 Å². The number of ether oxygens (including phenoxy) is 1. The molecule has 0 amide bonds. The highest BCUT2D eigenvalue weighted by Gasteiger charge is 2.07. The van der Waals surface area contributed by atoms with Crippen LogP contribution < -0.4 is 0 Å². The predicted molar refractivity (Wildman–Crippen MR) is 80.9 cm³/mol. The van der Waals surface area contributed by atoms with Crippen molar-refractivity contribution < 1.29 is 4.74 Å². The highest BCUT2D eigenvalue weighted by Crippen LogP contribution is 2.20. The molecule has 2 aromatic carbocycles. The average Bonchev–Trinajstić information content (AvgIpc) is 2.49. The van der Waals surface area contributed by atoms with Gasteiger partial charge in [-0.05, 0) is 17.5 Å².